The number of rotatable bonds is 6. The Bertz CT molecular complexity index is 1090. The molecular weight excluding hydrogens is 366 g/mol. The standard InChI is InChI=1S/C23H27N3O3/c1-14(2)26-23(28)20-12-7-6-11-19(20)21(25-26)22(27)24-16(5)17-9-8-10-18(13-17)29-15(3)4/h6-16H,1-5H3,(H,24,27). The van der Waals surface area contributed by atoms with Crippen molar-refractivity contribution in [3.05, 3.63) is 70.1 Å². The van der Waals surface area contributed by atoms with Crippen LogP contribution in [-0.4, -0.2) is 21.8 Å². The first-order chi connectivity index (χ1) is 13.8. The molecule has 0 aliphatic rings. The van der Waals surface area contributed by atoms with E-state index in [0.717, 1.165) is 11.3 Å². The first-order valence-electron chi connectivity index (χ1n) is 9.87. The molecule has 1 N–H and O–H groups in total. The number of carbonyl (C=O) groups excluding carboxylic acids is 1. The molecule has 1 aromatic heterocycles. The van der Waals surface area contributed by atoms with Crippen LogP contribution < -0.4 is 15.6 Å². The summed E-state index contributed by atoms with van der Waals surface area (Å²) in [6, 6.07) is 14.3. The molecule has 6 nitrogen and oxygen atoms in total. The molecule has 0 spiro atoms. The van der Waals surface area contributed by atoms with Crippen molar-refractivity contribution < 1.29 is 9.53 Å². The Morgan fingerprint density at radius 2 is 1.69 bits per heavy atom. The van der Waals surface area contributed by atoms with Crippen LogP contribution in [-0.2, 0) is 0 Å². The van der Waals surface area contributed by atoms with Crippen LogP contribution in [0.5, 0.6) is 5.75 Å². The number of amides is 1. The number of aromatic nitrogens is 2. The summed E-state index contributed by atoms with van der Waals surface area (Å²) in [5.41, 5.74) is 0.979. The van der Waals surface area contributed by atoms with Crippen LogP contribution in [0, 0.1) is 0 Å². The lowest BCUT2D eigenvalue weighted by Crippen LogP contribution is -2.32. The van der Waals surface area contributed by atoms with E-state index in [4.69, 9.17) is 4.74 Å². The summed E-state index contributed by atoms with van der Waals surface area (Å²) in [5, 5.41) is 8.41. The zero-order valence-electron chi connectivity index (χ0n) is 17.5. The molecular formula is C23H27N3O3. The van der Waals surface area contributed by atoms with Gasteiger partial charge in [-0.15, -0.1) is 0 Å². The lowest BCUT2D eigenvalue weighted by molar-refractivity contribution is 0.0934. The third-order valence-corrected chi connectivity index (χ3v) is 4.61. The SMILES string of the molecule is CC(C)Oc1cccc(C(C)NC(=O)c2nn(C(C)C)c(=O)c3ccccc23)c1. The monoisotopic (exact) mass is 393 g/mol. The van der Waals surface area contributed by atoms with Crippen LogP contribution in [0.25, 0.3) is 10.8 Å². The Morgan fingerprint density at radius 3 is 2.34 bits per heavy atom. The number of hydrogen-bond acceptors (Lipinski definition) is 4. The Hall–Kier alpha value is -3.15. The van der Waals surface area contributed by atoms with E-state index in [1.165, 1.54) is 4.68 Å². The molecule has 29 heavy (non-hydrogen) atoms. The Kier molecular flexibility index (Phi) is 6.01. The van der Waals surface area contributed by atoms with Crippen LogP contribution in [0.3, 0.4) is 0 Å². The molecule has 2 aromatic carbocycles. The number of nitrogens with one attached hydrogen (secondary N) is 1. The highest BCUT2D eigenvalue weighted by Gasteiger charge is 2.20. The number of hydrogen-bond donors (Lipinski definition) is 1. The Balaban J connectivity index is 1.94. The van der Waals surface area contributed by atoms with Crippen molar-refractivity contribution in [2.75, 3.05) is 0 Å². The Morgan fingerprint density at radius 1 is 1.00 bits per heavy atom. The van der Waals surface area contributed by atoms with E-state index >= 15 is 0 Å². The van der Waals surface area contributed by atoms with Crippen LogP contribution in [0.15, 0.2) is 53.3 Å². The van der Waals surface area contributed by atoms with Gasteiger partial charge in [0.05, 0.1) is 23.6 Å². The van der Waals surface area contributed by atoms with Crippen molar-refractivity contribution in [3.8, 4) is 5.75 Å². The summed E-state index contributed by atoms with van der Waals surface area (Å²) in [7, 11) is 0. The Labute approximate surface area is 170 Å². The minimum absolute atomic E-state index is 0.0720. The van der Waals surface area contributed by atoms with Crippen molar-refractivity contribution in [2.24, 2.45) is 0 Å². The van der Waals surface area contributed by atoms with Crippen molar-refractivity contribution in [1.82, 2.24) is 15.1 Å². The van der Waals surface area contributed by atoms with Crippen molar-refractivity contribution in [3.63, 3.8) is 0 Å². The predicted octanol–water partition coefficient (Wildman–Crippen LogP) is 4.26. The molecule has 0 saturated heterocycles. The van der Waals surface area contributed by atoms with Gasteiger partial charge in [-0.05, 0) is 58.4 Å². The predicted molar refractivity (Wildman–Crippen MR) is 114 cm³/mol. The van der Waals surface area contributed by atoms with E-state index in [1.54, 1.807) is 24.3 Å². The van der Waals surface area contributed by atoms with Crippen LogP contribution in [0.4, 0.5) is 0 Å². The smallest absolute Gasteiger partial charge is 0.274 e. The minimum Gasteiger partial charge on any atom is -0.491 e. The van der Waals surface area contributed by atoms with Crippen LogP contribution in [0.2, 0.25) is 0 Å². The van der Waals surface area contributed by atoms with Gasteiger partial charge < -0.3 is 10.1 Å². The maximum atomic E-state index is 13.1. The van der Waals surface area contributed by atoms with Gasteiger partial charge in [0.15, 0.2) is 5.69 Å². The van der Waals surface area contributed by atoms with E-state index in [1.807, 2.05) is 58.9 Å². The molecule has 1 amide bonds. The molecule has 1 heterocycles. The molecule has 3 rings (SSSR count). The van der Waals surface area contributed by atoms with Gasteiger partial charge in [0.1, 0.15) is 5.75 Å². The molecule has 0 saturated carbocycles. The highest BCUT2D eigenvalue weighted by molar-refractivity contribution is 6.04. The molecule has 1 unspecified atom stereocenters. The van der Waals surface area contributed by atoms with Crippen LogP contribution >= 0.6 is 0 Å². The fourth-order valence-electron chi connectivity index (χ4n) is 3.20. The third kappa shape index (κ3) is 4.47. The second-order valence-corrected chi connectivity index (χ2v) is 7.67. The van der Waals surface area contributed by atoms with Gasteiger partial charge in [0.2, 0.25) is 0 Å². The molecule has 0 aliphatic carbocycles. The van der Waals surface area contributed by atoms with Gasteiger partial charge in [0.25, 0.3) is 11.5 Å². The quantitative estimate of drug-likeness (QED) is 0.679. The average Bonchev–Trinajstić information content (AvgIpc) is 2.67. The van der Waals surface area contributed by atoms with Crippen LogP contribution in [0.1, 0.15) is 62.8 Å². The van der Waals surface area contributed by atoms with E-state index in [2.05, 4.69) is 10.4 Å². The maximum Gasteiger partial charge on any atom is 0.274 e. The maximum absolute atomic E-state index is 13.1. The first kappa shape index (κ1) is 20.6. The molecule has 0 aliphatic heterocycles. The molecule has 0 radical (unpaired) electrons. The van der Waals surface area contributed by atoms with Gasteiger partial charge in [-0.1, -0.05) is 30.3 Å². The van der Waals surface area contributed by atoms with E-state index < -0.39 is 0 Å². The number of benzene rings is 2. The summed E-state index contributed by atoms with van der Waals surface area (Å²) in [5.74, 6) is 0.439. The second-order valence-electron chi connectivity index (χ2n) is 7.67. The summed E-state index contributed by atoms with van der Waals surface area (Å²) >= 11 is 0. The zero-order chi connectivity index (χ0) is 21.1. The van der Waals surface area contributed by atoms with Gasteiger partial charge in [-0.2, -0.15) is 5.10 Å². The fourth-order valence-corrected chi connectivity index (χ4v) is 3.20. The van der Waals surface area contributed by atoms with Gasteiger partial charge in [-0.3, -0.25) is 9.59 Å². The topological polar surface area (TPSA) is 73.2 Å². The highest BCUT2D eigenvalue weighted by atomic mass is 16.5. The molecule has 1 atom stereocenters. The normalized spacial score (nSPS) is 12.4. The largest absolute Gasteiger partial charge is 0.491 e. The highest BCUT2D eigenvalue weighted by Crippen LogP contribution is 2.21. The number of fused-ring (bicyclic) bond motifs is 1. The first-order valence-corrected chi connectivity index (χ1v) is 9.87. The zero-order valence-corrected chi connectivity index (χ0v) is 17.5. The number of ether oxygens (including phenoxy) is 1. The summed E-state index contributed by atoms with van der Waals surface area (Å²) in [4.78, 5) is 25.7. The summed E-state index contributed by atoms with van der Waals surface area (Å²) in [6.45, 7) is 9.59. The minimum atomic E-state index is -0.321. The van der Waals surface area contributed by atoms with Crippen molar-refractivity contribution in [1.29, 1.82) is 0 Å². The number of nitrogens with zero attached hydrogens (tertiary/aromatic N) is 2. The fraction of sp³-hybridized carbons (Fsp3) is 0.348. The lowest BCUT2D eigenvalue weighted by Gasteiger charge is -2.18. The summed E-state index contributed by atoms with van der Waals surface area (Å²) < 4.78 is 7.10. The lowest BCUT2D eigenvalue weighted by atomic mass is 10.1. The van der Waals surface area contributed by atoms with Crippen molar-refractivity contribution in [2.45, 2.75) is 52.8 Å². The molecule has 6 heteroatoms. The van der Waals surface area contributed by atoms with E-state index in [-0.39, 0.29) is 35.3 Å². The molecule has 152 valence electrons. The molecule has 3 aromatic rings. The second kappa shape index (κ2) is 8.47. The average molecular weight is 393 g/mol. The van der Waals surface area contributed by atoms with Crippen molar-refractivity contribution >= 4 is 16.7 Å². The van der Waals surface area contributed by atoms with Gasteiger partial charge >= 0.3 is 0 Å². The molecule has 0 fully saturated rings. The van der Waals surface area contributed by atoms with Gasteiger partial charge in [0, 0.05) is 5.39 Å². The number of carbonyl (C=O) groups is 1. The molecule has 0 bridgehead atoms. The summed E-state index contributed by atoms with van der Waals surface area (Å²) in [6.07, 6.45) is 0.0720. The van der Waals surface area contributed by atoms with Gasteiger partial charge in [-0.25, -0.2) is 4.68 Å². The van der Waals surface area contributed by atoms with E-state index in [0.29, 0.717) is 10.8 Å². The third-order valence-electron chi connectivity index (χ3n) is 4.61. The van der Waals surface area contributed by atoms with E-state index in [9.17, 15) is 9.59 Å².